The number of halogens is 1. The molecule has 2 aromatic carbocycles. The molecule has 8 heteroatoms. The molecule has 1 aliphatic heterocycles. The average molecular weight is 472 g/mol. The zero-order valence-electron chi connectivity index (χ0n) is 19.4. The number of H-pyrrole nitrogens is 1. The van der Waals surface area contributed by atoms with Gasteiger partial charge in [-0.05, 0) is 55.0 Å². The van der Waals surface area contributed by atoms with Crippen molar-refractivity contribution in [2.24, 2.45) is 0 Å². The highest BCUT2D eigenvalue weighted by Gasteiger charge is 2.30. The van der Waals surface area contributed by atoms with Crippen LogP contribution >= 0.6 is 0 Å². The number of piperidine rings is 1. The number of likely N-dealkylation sites (tertiary alicyclic amines) is 1. The third-order valence-corrected chi connectivity index (χ3v) is 6.62. The Kier molecular flexibility index (Phi) is 6.27. The number of hydrogen-bond donors (Lipinski definition) is 2. The molecule has 0 atom stereocenters. The lowest BCUT2D eigenvalue weighted by atomic mass is 9.87. The molecule has 1 saturated heterocycles. The number of nitrogens with one attached hydrogen (secondary N) is 2. The number of rotatable bonds is 5. The van der Waals surface area contributed by atoms with Crippen LogP contribution in [0.3, 0.4) is 0 Å². The van der Waals surface area contributed by atoms with Crippen molar-refractivity contribution >= 4 is 22.7 Å². The van der Waals surface area contributed by atoms with Gasteiger partial charge in [0.1, 0.15) is 5.82 Å². The van der Waals surface area contributed by atoms with Gasteiger partial charge in [0.05, 0.1) is 0 Å². The number of aryl methyl sites for hydroxylation is 1. The summed E-state index contributed by atoms with van der Waals surface area (Å²) in [6.07, 6.45) is 4.49. The number of benzene rings is 2. The Labute approximate surface area is 202 Å². The van der Waals surface area contributed by atoms with Crippen LogP contribution in [0.15, 0.2) is 60.9 Å². The van der Waals surface area contributed by atoms with Gasteiger partial charge >= 0.3 is 0 Å². The second-order valence-corrected chi connectivity index (χ2v) is 8.84. The van der Waals surface area contributed by atoms with Crippen molar-refractivity contribution in [1.82, 2.24) is 25.2 Å². The molecule has 0 radical (unpaired) electrons. The minimum atomic E-state index is -0.491. The van der Waals surface area contributed by atoms with Crippen molar-refractivity contribution in [3.05, 3.63) is 95.0 Å². The molecule has 178 valence electrons. The van der Waals surface area contributed by atoms with Crippen molar-refractivity contribution in [1.29, 1.82) is 0 Å². The third-order valence-electron chi connectivity index (χ3n) is 6.62. The second kappa shape index (κ2) is 9.66. The fourth-order valence-electron chi connectivity index (χ4n) is 4.87. The largest absolute Gasteiger partial charge is 0.358 e. The van der Waals surface area contributed by atoms with Gasteiger partial charge < -0.3 is 15.2 Å². The maximum absolute atomic E-state index is 13.3. The molecule has 0 aliphatic carbocycles. The predicted molar refractivity (Wildman–Crippen MR) is 131 cm³/mol. The molecular weight excluding hydrogens is 445 g/mol. The van der Waals surface area contributed by atoms with Crippen molar-refractivity contribution in [3.63, 3.8) is 0 Å². The van der Waals surface area contributed by atoms with E-state index in [0.29, 0.717) is 19.0 Å². The van der Waals surface area contributed by atoms with Crippen LogP contribution in [-0.2, 0) is 6.54 Å². The summed E-state index contributed by atoms with van der Waals surface area (Å²) in [6, 6.07) is 14.2. The fourth-order valence-corrected chi connectivity index (χ4v) is 4.87. The number of para-hydroxylation sites is 1. The molecule has 1 aliphatic rings. The minimum Gasteiger partial charge on any atom is -0.358 e. The first-order chi connectivity index (χ1) is 17.0. The first-order valence-electron chi connectivity index (χ1n) is 11.7. The van der Waals surface area contributed by atoms with Gasteiger partial charge in [-0.25, -0.2) is 14.4 Å². The lowest BCUT2D eigenvalue weighted by Crippen LogP contribution is -2.40. The summed E-state index contributed by atoms with van der Waals surface area (Å²) in [6.45, 7) is 3.45. The Morgan fingerprint density at radius 3 is 2.46 bits per heavy atom. The molecule has 0 saturated carbocycles. The van der Waals surface area contributed by atoms with E-state index in [4.69, 9.17) is 0 Å². The Balaban J connectivity index is 1.27. The van der Waals surface area contributed by atoms with Gasteiger partial charge in [-0.1, -0.05) is 30.3 Å². The topological polar surface area (TPSA) is 91.0 Å². The zero-order valence-corrected chi connectivity index (χ0v) is 19.4. The van der Waals surface area contributed by atoms with Gasteiger partial charge in [-0.15, -0.1) is 0 Å². The van der Waals surface area contributed by atoms with Crippen LogP contribution in [-0.4, -0.2) is 44.8 Å². The summed E-state index contributed by atoms with van der Waals surface area (Å²) < 4.78 is 13.1. The lowest BCUT2D eigenvalue weighted by molar-refractivity contribution is 0.0700. The molecule has 0 bridgehead atoms. The molecule has 4 aromatic rings. The first kappa shape index (κ1) is 22.7. The number of amides is 2. The number of aromatic amines is 1. The highest BCUT2D eigenvalue weighted by molar-refractivity contribution is 6.04. The highest BCUT2D eigenvalue weighted by Crippen LogP contribution is 2.35. The SMILES string of the molecule is Cc1[nH]c2ccccc2c1C1CCN(C(=O)c2nccnc2C(=O)NCc2ccc(F)cc2)CC1. The molecule has 0 unspecified atom stereocenters. The molecule has 7 nitrogen and oxygen atoms in total. The van der Waals surface area contributed by atoms with Crippen LogP contribution in [0.1, 0.15) is 56.6 Å². The van der Waals surface area contributed by atoms with E-state index >= 15 is 0 Å². The highest BCUT2D eigenvalue weighted by atomic mass is 19.1. The molecule has 3 heterocycles. The van der Waals surface area contributed by atoms with Gasteiger partial charge in [-0.3, -0.25) is 9.59 Å². The maximum Gasteiger partial charge on any atom is 0.274 e. The number of carbonyl (C=O) groups excluding carboxylic acids is 2. The van der Waals surface area contributed by atoms with Crippen LogP contribution in [0.2, 0.25) is 0 Å². The average Bonchev–Trinajstić information content (AvgIpc) is 3.23. The quantitative estimate of drug-likeness (QED) is 0.453. The molecule has 1 fully saturated rings. The first-order valence-corrected chi connectivity index (χ1v) is 11.7. The number of aromatic nitrogens is 3. The summed E-state index contributed by atoms with van der Waals surface area (Å²) in [5.41, 5.74) is 4.42. The lowest BCUT2D eigenvalue weighted by Gasteiger charge is -2.32. The summed E-state index contributed by atoms with van der Waals surface area (Å²) in [5.74, 6) is -0.768. The van der Waals surface area contributed by atoms with E-state index in [1.807, 2.05) is 6.07 Å². The van der Waals surface area contributed by atoms with Crippen molar-refractivity contribution < 1.29 is 14.0 Å². The van der Waals surface area contributed by atoms with Crippen molar-refractivity contribution in [2.75, 3.05) is 13.1 Å². The number of hydrogen-bond acceptors (Lipinski definition) is 4. The molecule has 2 N–H and O–H groups in total. The van der Waals surface area contributed by atoms with Crippen LogP contribution in [0, 0.1) is 12.7 Å². The van der Waals surface area contributed by atoms with Gasteiger partial charge in [-0.2, -0.15) is 0 Å². The van der Waals surface area contributed by atoms with Crippen molar-refractivity contribution in [2.45, 2.75) is 32.2 Å². The Hall–Kier alpha value is -4.07. The van der Waals surface area contributed by atoms with E-state index in [-0.39, 0.29) is 29.7 Å². The van der Waals surface area contributed by atoms with Crippen LogP contribution < -0.4 is 5.32 Å². The number of fused-ring (bicyclic) bond motifs is 1. The molecule has 35 heavy (non-hydrogen) atoms. The van der Waals surface area contributed by atoms with E-state index in [1.54, 1.807) is 17.0 Å². The number of nitrogens with zero attached hydrogens (tertiary/aromatic N) is 3. The van der Waals surface area contributed by atoms with Gasteiger partial charge in [0.15, 0.2) is 11.4 Å². The third kappa shape index (κ3) is 4.64. The minimum absolute atomic E-state index is 0.00536. The predicted octanol–water partition coefficient (Wildman–Crippen LogP) is 4.36. The van der Waals surface area contributed by atoms with E-state index in [0.717, 1.165) is 23.9 Å². The van der Waals surface area contributed by atoms with E-state index in [2.05, 4.69) is 45.4 Å². The second-order valence-electron chi connectivity index (χ2n) is 8.84. The molecule has 0 spiro atoms. The fraction of sp³-hybridized carbons (Fsp3) is 0.259. The Morgan fingerprint density at radius 2 is 1.71 bits per heavy atom. The normalized spacial score (nSPS) is 14.3. The molecular formula is C27H26FN5O2. The summed E-state index contributed by atoms with van der Waals surface area (Å²) in [4.78, 5) is 39.7. The summed E-state index contributed by atoms with van der Waals surface area (Å²) in [7, 11) is 0. The van der Waals surface area contributed by atoms with E-state index in [1.165, 1.54) is 41.2 Å². The van der Waals surface area contributed by atoms with Crippen molar-refractivity contribution in [3.8, 4) is 0 Å². The monoisotopic (exact) mass is 471 g/mol. The zero-order chi connectivity index (χ0) is 24.4. The Bertz CT molecular complexity index is 1370. The van der Waals surface area contributed by atoms with Crippen LogP contribution in [0.25, 0.3) is 10.9 Å². The van der Waals surface area contributed by atoms with E-state index in [9.17, 15) is 14.0 Å². The Morgan fingerprint density at radius 1 is 1.03 bits per heavy atom. The van der Waals surface area contributed by atoms with E-state index < -0.39 is 5.91 Å². The smallest absolute Gasteiger partial charge is 0.274 e. The molecule has 5 rings (SSSR count). The van der Waals surface area contributed by atoms with Gasteiger partial charge in [0, 0.05) is 48.6 Å². The summed E-state index contributed by atoms with van der Waals surface area (Å²) >= 11 is 0. The van der Waals surface area contributed by atoms with Gasteiger partial charge in [0.2, 0.25) is 0 Å². The van der Waals surface area contributed by atoms with Gasteiger partial charge in [0.25, 0.3) is 11.8 Å². The maximum atomic E-state index is 13.3. The van der Waals surface area contributed by atoms with Crippen LogP contribution in [0.5, 0.6) is 0 Å². The molecule has 2 aromatic heterocycles. The van der Waals surface area contributed by atoms with Crippen LogP contribution in [0.4, 0.5) is 4.39 Å². The number of carbonyl (C=O) groups is 2. The molecule has 2 amide bonds. The standard InChI is InChI=1S/C27H26FN5O2/c1-17-23(21-4-2-3-5-22(21)32-17)19-10-14-33(15-11-19)27(35)25-24(29-12-13-30-25)26(34)31-16-18-6-8-20(28)9-7-18/h2-9,12-13,19,32H,10-11,14-16H2,1H3,(H,31,34). The summed E-state index contributed by atoms with van der Waals surface area (Å²) in [5, 5.41) is 3.98.